The van der Waals surface area contributed by atoms with Crippen molar-refractivity contribution in [1.29, 1.82) is 0 Å². The average molecular weight is 273 g/mol. The molecule has 1 N–H and O–H groups in total. The van der Waals surface area contributed by atoms with E-state index in [1.165, 1.54) is 5.56 Å². The molecule has 4 nitrogen and oxygen atoms in total. The predicted octanol–water partition coefficient (Wildman–Crippen LogP) is 3.12. The topological polar surface area (TPSA) is 51.3 Å². The molecule has 1 unspecified atom stereocenters. The third kappa shape index (κ3) is 2.43. The van der Waals surface area contributed by atoms with Gasteiger partial charge in [0.2, 0.25) is 0 Å². The summed E-state index contributed by atoms with van der Waals surface area (Å²) in [7, 11) is 0. The molecule has 2 aromatic rings. The van der Waals surface area contributed by atoms with Crippen molar-refractivity contribution in [2.75, 3.05) is 13.2 Å². The van der Waals surface area contributed by atoms with Crippen LogP contribution in [-0.2, 0) is 9.47 Å². The molecule has 0 bridgehead atoms. The Labute approximate surface area is 118 Å². The number of carbonyl (C=O) groups excluding carboxylic acids is 1. The number of carbonyl (C=O) groups is 1. The molecular formula is C16H19NO3. The Bertz CT molecular complexity index is 638. The number of nitrogens with one attached hydrogen (secondary N) is 1. The van der Waals surface area contributed by atoms with Crippen LogP contribution in [0.25, 0.3) is 10.9 Å². The number of hydrogen-bond acceptors (Lipinski definition) is 3. The van der Waals surface area contributed by atoms with Crippen molar-refractivity contribution in [1.82, 2.24) is 4.98 Å². The summed E-state index contributed by atoms with van der Waals surface area (Å²) in [6.45, 7) is 5.21. The fourth-order valence-electron chi connectivity index (χ4n) is 2.62. The lowest BCUT2D eigenvalue weighted by Gasteiger charge is -2.10. The maximum absolute atomic E-state index is 12.1. The molecule has 106 valence electrons. The highest BCUT2D eigenvalue weighted by Gasteiger charge is 2.18. The van der Waals surface area contributed by atoms with E-state index in [1.54, 1.807) is 6.07 Å². The molecule has 1 aliphatic rings. The number of H-pyrrole nitrogens is 1. The Morgan fingerprint density at radius 2 is 2.30 bits per heavy atom. The number of esters is 1. The smallest absolute Gasteiger partial charge is 0.338 e. The minimum absolute atomic E-state index is 0.0684. The quantitative estimate of drug-likeness (QED) is 0.874. The first-order valence-electron chi connectivity index (χ1n) is 7.03. The second kappa shape index (κ2) is 5.29. The number of ether oxygens (including phenoxy) is 2. The molecule has 0 radical (unpaired) electrons. The summed E-state index contributed by atoms with van der Waals surface area (Å²) in [5.74, 6) is -0.277. The minimum Gasteiger partial charge on any atom is -0.459 e. The Balaban J connectivity index is 1.75. The van der Waals surface area contributed by atoms with Gasteiger partial charge in [-0.2, -0.15) is 0 Å². The summed E-state index contributed by atoms with van der Waals surface area (Å²) in [6.07, 6.45) is 2.09. The zero-order chi connectivity index (χ0) is 14.1. The van der Waals surface area contributed by atoms with E-state index in [9.17, 15) is 4.79 Å². The fourth-order valence-corrected chi connectivity index (χ4v) is 2.62. The summed E-state index contributed by atoms with van der Waals surface area (Å²) in [4.78, 5) is 15.4. The van der Waals surface area contributed by atoms with Crippen LogP contribution in [0.1, 0.15) is 34.5 Å². The zero-order valence-electron chi connectivity index (χ0n) is 11.9. The largest absolute Gasteiger partial charge is 0.459 e. The van der Waals surface area contributed by atoms with E-state index < -0.39 is 0 Å². The van der Waals surface area contributed by atoms with Crippen molar-refractivity contribution in [2.24, 2.45) is 0 Å². The number of rotatable bonds is 3. The van der Waals surface area contributed by atoms with E-state index in [0.29, 0.717) is 12.2 Å². The first-order chi connectivity index (χ1) is 9.65. The van der Waals surface area contributed by atoms with Crippen LogP contribution in [0, 0.1) is 13.8 Å². The second-order valence-electron chi connectivity index (χ2n) is 5.37. The molecule has 0 amide bonds. The fraction of sp³-hybridized carbons (Fsp3) is 0.438. The first-order valence-corrected chi connectivity index (χ1v) is 7.03. The van der Waals surface area contributed by atoms with Gasteiger partial charge in [-0.05, 0) is 50.5 Å². The van der Waals surface area contributed by atoms with Crippen LogP contribution < -0.4 is 0 Å². The molecule has 1 aromatic heterocycles. The average Bonchev–Trinajstić information content (AvgIpc) is 3.06. The molecule has 1 aromatic carbocycles. The first kappa shape index (κ1) is 13.2. The van der Waals surface area contributed by atoms with Gasteiger partial charge >= 0.3 is 5.97 Å². The Hall–Kier alpha value is -1.81. The molecule has 3 rings (SSSR count). The van der Waals surface area contributed by atoms with Gasteiger partial charge in [0.05, 0.1) is 11.7 Å². The lowest BCUT2D eigenvalue weighted by Crippen LogP contribution is -2.17. The van der Waals surface area contributed by atoms with Gasteiger partial charge < -0.3 is 14.5 Å². The molecule has 1 fully saturated rings. The SMILES string of the molecule is Cc1[nH]c2ccc(C(=O)OCC3CCCO3)cc2c1C. The molecule has 20 heavy (non-hydrogen) atoms. The number of aromatic amines is 1. The molecule has 0 aliphatic carbocycles. The van der Waals surface area contributed by atoms with Gasteiger partial charge in [0, 0.05) is 23.2 Å². The summed E-state index contributed by atoms with van der Waals surface area (Å²) in [5, 5.41) is 1.08. The number of fused-ring (bicyclic) bond motifs is 1. The standard InChI is InChI=1S/C16H19NO3/c1-10-11(2)17-15-6-5-12(8-14(10)15)16(18)20-9-13-4-3-7-19-13/h5-6,8,13,17H,3-4,7,9H2,1-2H3. The normalized spacial score (nSPS) is 18.6. The van der Waals surface area contributed by atoms with Gasteiger partial charge in [-0.1, -0.05) is 0 Å². The van der Waals surface area contributed by atoms with Gasteiger partial charge in [-0.3, -0.25) is 0 Å². The maximum Gasteiger partial charge on any atom is 0.338 e. The maximum atomic E-state index is 12.1. The molecule has 4 heteroatoms. The Morgan fingerprint density at radius 1 is 1.45 bits per heavy atom. The summed E-state index contributed by atoms with van der Waals surface area (Å²) in [5.41, 5.74) is 3.95. The number of aromatic nitrogens is 1. The highest BCUT2D eigenvalue weighted by molar-refractivity contribution is 5.96. The predicted molar refractivity (Wildman–Crippen MR) is 77.0 cm³/mol. The third-order valence-electron chi connectivity index (χ3n) is 3.97. The highest BCUT2D eigenvalue weighted by Crippen LogP contribution is 2.23. The number of aryl methyl sites for hydroxylation is 2. The summed E-state index contributed by atoms with van der Waals surface area (Å²) < 4.78 is 10.8. The molecule has 0 spiro atoms. The van der Waals surface area contributed by atoms with Gasteiger partial charge in [-0.15, -0.1) is 0 Å². The van der Waals surface area contributed by atoms with E-state index in [1.807, 2.05) is 19.1 Å². The van der Waals surface area contributed by atoms with Crippen molar-refractivity contribution < 1.29 is 14.3 Å². The van der Waals surface area contributed by atoms with Crippen LogP contribution in [0.2, 0.25) is 0 Å². The lowest BCUT2D eigenvalue weighted by molar-refractivity contribution is 0.0161. The Kier molecular flexibility index (Phi) is 3.49. The van der Waals surface area contributed by atoms with Crippen molar-refractivity contribution in [3.05, 3.63) is 35.0 Å². The number of benzene rings is 1. The van der Waals surface area contributed by atoms with Crippen molar-refractivity contribution >= 4 is 16.9 Å². The van der Waals surface area contributed by atoms with Crippen LogP contribution in [0.5, 0.6) is 0 Å². The summed E-state index contributed by atoms with van der Waals surface area (Å²) >= 11 is 0. The molecule has 1 atom stereocenters. The van der Waals surface area contributed by atoms with Crippen LogP contribution in [-0.4, -0.2) is 30.3 Å². The minimum atomic E-state index is -0.277. The summed E-state index contributed by atoms with van der Waals surface area (Å²) in [6, 6.07) is 5.62. The van der Waals surface area contributed by atoms with E-state index in [4.69, 9.17) is 9.47 Å². The zero-order valence-corrected chi connectivity index (χ0v) is 11.9. The third-order valence-corrected chi connectivity index (χ3v) is 3.97. The van der Waals surface area contributed by atoms with Gasteiger partial charge in [0.25, 0.3) is 0 Å². The molecule has 0 saturated carbocycles. The second-order valence-corrected chi connectivity index (χ2v) is 5.37. The molecule has 2 heterocycles. The molecule has 1 saturated heterocycles. The van der Waals surface area contributed by atoms with Crippen molar-refractivity contribution in [3.8, 4) is 0 Å². The van der Waals surface area contributed by atoms with Crippen LogP contribution >= 0.6 is 0 Å². The monoisotopic (exact) mass is 273 g/mol. The van der Waals surface area contributed by atoms with Crippen LogP contribution in [0.3, 0.4) is 0 Å². The van der Waals surface area contributed by atoms with Gasteiger partial charge in [-0.25, -0.2) is 4.79 Å². The van der Waals surface area contributed by atoms with Crippen molar-refractivity contribution in [3.63, 3.8) is 0 Å². The number of hydrogen-bond donors (Lipinski definition) is 1. The van der Waals surface area contributed by atoms with E-state index >= 15 is 0 Å². The van der Waals surface area contributed by atoms with Crippen LogP contribution in [0.4, 0.5) is 0 Å². The Morgan fingerprint density at radius 3 is 3.05 bits per heavy atom. The van der Waals surface area contributed by atoms with E-state index in [2.05, 4.69) is 11.9 Å². The highest BCUT2D eigenvalue weighted by atomic mass is 16.6. The van der Waals surface area contributed by atoms with Crippen LogP contribution in [0.15, 0.2) is 18.2 Å². The van der Waals surface area contributed by atoms with Crippen molar-refractivity contribution in [2.45, 2.75) is 32.8 Å². The van der Waals surface area contributed by atoms with Gasteiger partial charge in [0.15, 0.2) is 0 Å². The van der Waals surface area contributed by atoms with E-state index in [0.717, 1.165) is 36.0 Å². The molecule has 1 aliphatic heterocycles. The lowest BCUT2D eigenvalue weighted by atomic mass is 10.1. The molecular weight excluding hydrogens is 254 g/mol. The van der Waals surface area contributed by atoms with E-state index in [-0.39, 0.29) is 12.1 Å². The van der Waals surface area contributed by atoms with Gasteiger partial charge in [0.1, 0.15) is 6.61 Å².